The van der Waals surface area contributed by atoms with Crippen molar-refractivity contribution in [3.05, 3.63) is 175 Å². The fraction of sp³-hybridized carbons (Fsp3) is 0.389. The normalized spacial score (nSPS) is 13.1. The smallest absolute Gasteiger partial charge is 0.416 e. The predicted molar refractivity (Wildman–Crippen MR) is 257 cm³/mol. The number of amides is 2. The van der Waals surface area contributed by atoms with Gasteiger partial charge in [-0.1, -0.05) is 160 Å². The second kappa shape index (κ2) is 39.2. The molecular formula is C54H71F3N2O4. The number of benzene rings is 1. The Kier molecular flexibility index (Phi) is 34.4. The third kappa shape index (κ3) is 33.6. The Morgan fingerprint density at radius 2 is 0.841 bits per heavy atom. The summed E-state index contributed by atoms with van der Waals surface area (Å²) in [5.41, 5.74) is -1.26. The summed E-state index contributed by atoms with van der Waals surface area (Å²) in [6.45, 7) is 4.40. The Bertz CT molecular complexity index is 1790. The molecule has 0 bridgehead atoms. The van der Waals surface area contributed by atoms with Gasteiger partial charge in [0.05, 0.1) is 11.1 Å². The number of halogens is 3. The molecule has 0 heterocycles. The van der Waals surface area contributed by atoms with Crippen LogP contribution in [0.3, 0.4) is 0 Å². The van der Waals surface area contributed by atoms with Crippen LogP contribution in [0, 0.1) is 0 Å². The zero-order chi connectivity index (χ0) is 45.9. The molecule has 0 fully saturated rings. The number of alkyl halides is 3. The summed E-state index contributed by atoms with van der Waals surface area (Å²) in [5, 5.41) is 5.29. The Morgan fingerprint density at radius 1 is 0.492 bits per heavy atom. The minimum atomic E-state index is -4.70. The van der Waals surface area contributed by atoms with Gasteiger partial charge in [-0.2, -0.15) is 13.2 Å². The quantitative estimate of drug-likeness (QED) is 0.0319. The molecule has 0 saturated heterocycles. The van der Waals surface area contributed by atoms with E-state index in [1.54, 1.807) is 6.08 Å². The summed E-state index contributed by atoms with van der Waals surface area (Å²) < 4.78 is 45.7. The third-order valence-electron chi connectivity index (χ3n) is 8.76. The molecule has 0 aliphatic heterocycles. The first kappa shape index (κ1) is 55.3. The lowest BCUT2D eigenvalue weighted by atomic mass is 10.1. The summed E-state index contributed by atoms with van der Waals surface area (Å²) >= 11 is 0. The van der Waals surface area contributed by atoms with Gasteiger partial charge >= 0.3 is 12.1 Å². The Labute approximate surface area is 376 Å². The van der Waals surface area contributed by atoms with Crippen molar-refractivity contribution >= 4 is 17.8 Å². The van der Waals surface area contributed by atoms with E-state index in [0.29, 0.717) is 25.3 Å². The number of allylic oxidation sites excluding steroid dienone is 24. The maximum Gasteiger partial charge on any atom is 0.416 e. The van der Waals surface area contributed by atoms with Crippen LogP contribution >= 0.6 is 0 Å². The summed E-state index contributed by atoms with van der Waals surface area (Å²) in [6, 6.07) is 2.40. The van der Waals surface area contributed by atoms with Gasteiger partial charge in [-0.15, -0.1) is 0 Å². The van der Waals surface area contributed by atoms with Crippen molar-refractivity contribution in [3.63, 3.8) is 0 Å². The van der Waals surface area contributed by atoms with Gasteiger partial charge < -0.3 is 15.4 Å². The van der Waals surface area contributed by atoms with Gasteiger partial charge in [0.1, 0.15) is 5.75 Å². The molecule has 0 aliphatic rings. The van der Waals surface area contributed by atoms with E-state index in [1.165, 1.54) is 0 Å². The fourth-order valence-electron chi connectivity index (χ4n) is 5.40. The zero-order valence-electron chi connectivity index (χ0n) is 37.6. The molecule has 2 amide bonds. The van der Waals surface area contributed by atoms with E-state index < -0.39 is 29.4 Å². The van der Waals surface area contributed by atoms with Crippen LogP contribution in [0.4, 0.5) is 13.2 Å². The highest BCUT2D eigenvalue weighted by Gasteiger charge is 2.32. The summed E-state index contributed by atoms with van der Waals surface area (Å²) in [6.07, 6.45) is 57.6. The molecule has 0 aliphatic carbocycles. The van der Waals surface area contributed by atoms with Gasteiger partial charge in [-0.3, -0.25) is 14.4 Å². The Hall–Kier alpha value is -5.70. The van der Waals surface area contributed by atoms with Crippen LogP contribution < -0.4 is 15.4 Å². The van der Waals surface area contributed by atoms with Crippen LogP contribution in [0.1, 0.15) is 133 Å². The average Bonchev–Trinajstić information content (AvgIpc) is 3.26. The van der Waals surface area contributed by atoms with Crippen molar-refractivity contribution in [2.75, 3.05) is 13.1 Å². The fourth-order valence-corrected chi connectivity index (χ4v) is 5.40. The highest BCUT2D eigenvalue weighted by Crippen LogP contribution is 2.33. The lowest BCUT2D eigenvalue weighted by Gasteiger charge is -2.14. The second-order valence-electron chi connectivity index (χ2n) is 14.2. The van der Waals surface area contributed by atoms with E-state index in [2.05, 4.69) is 140 Å². The number of hydrogen-bond acceptors (Lipinski definition) is 4. The molecule has 0 atom stereocenters. The molecule has 1 rings (SSSR count). The van der Waals surface area contributed by atoms with E-state index in [0.717, 1.165) is 82.8 Å². The molecule has 0 saturated carbocycles. The van der Waals surface area contributed by atoms with E-state index in [1.807, 2.05) is 24.3 Å². The number of ether oxygens (including phenoxy) is 1. The van der Waals surface area contributed by atoms with E-state index >= 15 is 0 Å². The molecule has 0 spiro atoms. The van der Waals surface area contributed by atoms with Crippen LogP contribution in [0.25, 0.3) is 0 Å². The predicted octanol–water partition coefficient (Wildman–Crippen LogP) is 14.4. The number of hydrogen-bond donors (Lipinski definition) is 2. The van der Waals surface area contributed by atoms with Gasteiger partial charge in [0, 0.05) is 25.9 Å². The minimum Gasteiger partial charge on any atom is -0.426 e. The summed E-state index contributed by atoms with van der Waals surface area (Å²) in [4.78, 5) is 37.7. The standard InChI is InChI=1S/C54H71F3N2O4/c1-3-5-7-9-11-13-15-17-19-21-23-25-27-29-31-33-35-37-39-41-51(60)58-45-46-59-53(62)49-44-43-48(54(55,56)57)47-50(49)63-52(61)42-40-38-36-34-32-30-28-26-24-22-20-18-16-14-12-10-8-6-4-2/h5-8,11-14,17-20,23-26,29-32,35-38,43-44,47H,3-4,9-10,15-16,21-22,27-28,33-34,39-42,45-46H2,1-2H3,(H,58,60)(H,59,62)/b7-5-,8-6-,13-11-,14-12-,19-17-,20-18-,25-23-,26-24-,31-29-,32-30-,37-35-,38-36-. The number of rotatable bonds is 33. The number of nitrogens with one attached hydrogen (secondary N) is 2. The minimum absolute atomic E-state index is 0.0293. The SMILES string of the molecule is CC/C=C\C/C=C\C/C=C\C/C=C\C/C=C\C/C=C\CCC(=O)NCCNC(=O)c1ccc(C(F)(F)F)cc1OC(=O)CC/C=C\C/C=C\C/C=C\C/C=C\C/C=C\C/C=C\CC. The Morgan fingerprint density at radius 3 is 1.22 bits per heavy atom. The van der Waals surface area contributed by atoms with Crippen LogP contribution in [0.2, 0.25) is 0 Å². The van der Waals surface area contributed by atoms with Crippen molar-refractivity contribution in [3.8, 4) is 5.75 Å². The average molecular weight is 869 g/mol. The van der Waals surface area contributed by atoms with Gasteiger partial charge in [-0.05, 0) is 108 Å². The van der Waals surface area contributed by atoms with Gasteiger partial charge in [-0.25, -0.2) is 0 Å². The lowest BCUT2D eigenvalue weighted by Crippen LogP contribution is -2.34. The maximum absolute atomic E-state index is 13.5. The van der Waals surface area contributed by atoms with Crippen LogP contribution in [0.15, 0.2) is 164 Å². The monoisotopic (exact) mass is 869 g/mol. The highest BCUT2D eigenvalue weighted by molar-refractivity contribution is 5.97. The van der Waals surface area contributed by atoms with Crippen molar-refractivity contribution in [1.29, 1.82) is 0 Å². The topological polar surface area (TPSA) is 84.5 Å². The summed E-state index contributed by atoms with van der Waals surface area (Å²) in [7, 11) is 0. The maximum atomic E-state index is 13.5. The van der Waals surface area contributed by atoms with Crippen molar-refractivity contribution in [1.82, 2.24) is 10.6 Å². The molecule has 1 aromatic carbocycles. The molecular weight excluding hydrogens is 798 g/mol. The summed E-state index contributed by atoms with van der Waals surface area (Å²) in [5.74, 6) is -2.16. The van der Waals surface area contributed by atoms with Gasteiger partial charge in [0.15, 0.2) is 0 Å². The van der Waals surface area contributed by atoms with Crippen molar-refractivity contribution in [2.45, 2.75) is 123 Å². The molecule has 0 aromatic heterocycles. The third-order valence-corrected chi connectivity index (χ3v) is 8.76. The molecule has 9 heteroatoms. The molecule has 0 unspecified atom stereocenters. The van der Waals surface area contributed by atoms with E-state index in [9.17, 15) is 27.6 Å². The molecule has 6 nitrogen and oxygen atoms in total. The lowest BCUT2D eigenvalue weighted by molar-refractivity contribution is -0.139. The van der Waals surface area contributed by atoms with Gasteiger partial charge in [0.2, 0.25) is 5.91 Å². The Balaban J connectivity index is 2.35. The van der Waals surface area contributed by atoms with Crippen LogP contribution in [0.5, 0.6) is 5.75 Å². The highest BCUT2D eigenvalue weighted by atomic mass is 19.4. The molecule has 1 aromatic rings. The van der Waals surface area contributed by atoms with Crippen molar-refractivity contribution in [2.24, 2.45) is 0 Å². The molecule has 63 heavy (non-hydrogen) atoms. The second-order valence-corrected chi connectivity index (χ2v) is 14.2. The first-order valence-electron chi connectivity index (χ1n) is 22.5. The van der Waals surface area contributed by atoms with E-state index in [-0.39, 0.29) is 37.4 Å². The molecule has 0 radical (unpaired) electrons. The number of carbonyl (C=O) groups is 3. The number of esters is 1. The first-order valence-corrected chi connectivity index (χ1v) is 22.5. The largest absolute Gasteiger partial charge is 0.426 e. The number of carbonyl (C=O) groups excluding carboxylic acids is 3. The van der Waals surface area contributed by atoms with Crippen molar-refractivity contribution < 1.29 is 32.3 Å². The molecule has 342 valence electrons. The van der Waals surface area contributed by atoms with Crippen LogP contribution in [-0.4, -0.2) is 30.9 Å². The van der Waals surface area contributed by atoms with E-state index in [4.69, 9.17) is 4.74 Å². The first-order chi connectivity index (χ1) is 30.7. The van der Waals surface area contributed by atoms with Crippen LogP contribution in [-0.2, 0) is 15.8 Å². The van der Waals surface area contributed by atoms with Gasteiger partial charge in [0.25, 0.3) is 5.91 Å². The zero-order valence-corrected chi connectivity index (χ0v) is 37.6. The molecule has 2 N–H and O–H groups in total.